The number of hydrogen-bond acceptors (Lipinski definition) is 2. The van der Waals surface area contributed by atoms with Gasteiger partial charge in [0.2, 0.25) is 5.91 Å². The van der Waals surface area contributed by atoms with Gasteiger partial charge in [0.25, 0.3) is 0 Å². The number of carbonyl (C=O) groups excluding carboxylic acids is 1. The second-order valence-corrected chi connectivity index (χ2v) is 8.00. The molecule has 0 aromatic rings. The summed E-state index contributed by atoms with van der Waals surface area (Å²) in [5.74, 6) is 0.970. The highest BCUT2D eigenvalue weighted by Crippen LogP contribution is 2.58. The van der Waals surface area contributed by atoms with Crippen LogP contribution in [0.5, 0.6) is 0 Å². The smallest absolute Gasteiger partial charge is 0.220 e. The van der Waals surface area contributed by atoms with Gasteiger partial charge in [0.15, 0.2) is 0 Å². The van der Waals surface area contributed by atoms with Crippen LogP contribution in [0.3, 0.4) is 0 Å². The molecule has 1 aliphatic carbocycles. The summed E-state index contributed by atoms with van der Waals surface area (Å²) >= 11 is 0. The van der Waals surface area contributed by atoms with E-state index in [2.05, 4.69) is 52.0 Å². The molecule has 0 saturated heterocycles. The molecule has 2 unspecified atom stereocenters. The lowest BCUT2D eigenvalue weighted by Gasteiger charge is -2.20. The first-order valence-electron chi connectivity index (χ1n) is 7.54. The van der Waals surface area contributed by atoms with E-state index in [4.69, 9.17) is 0 Å². The van der Waals surface area contributed by atoms with Crippen LogP contribution in [0, 0.1) is 16.7 Å². The topological polar surface area (TPSA) is 32.3 Å². The quantitative estimate of drug-likeness (QED) is 0.720. The maximum absolute atomic E-state index is 11.9. The molecule has 0 aromatic heterocycles. The third-order valence-corrected chi connectivity index (χ3v) is 4.07. The van der Waals surface area contributed by atoms with Crippen LogP contribution >= 0.6 is 0 Å². The Kier molecular flexibility index (Phi) is 5.43. The number of rotatable bonds is 7. The number of amides is 1. The van der Waals surface area contributed by atoms with Crippen molar-refractivity contribution >= 4 is 5.91 Å². The predicted molar refractivity (Wildman–Crippen MR) is 81.1 cm³/mol. The Morgan fingerprint density at radius 2 is 2.00 bits per heavy atom. The van der Waals surface area contributed by atoms with Gasteiger partial charge in [-0.25, -0.2) is 0 Å². The van der Waals surface area contributed by atoms with Crippen molar-refractivity contribution in [3.63, 3.8) is 0 Å². The van der Waals surface area contributed by atoms with E-state index in [1.54, 1.807) is 0 Å². The van der Waals surface area contributed by atoms with E-state index in [1.807, 2.05) is 0 Å². The highest BCUT2D eigenvalue weighted by molar-refractivity contribution is 5.77. The van der Waals surface area contributed by atoms with Crippen LogP contribution in [-0.4, -0.2) is 38.0 Å². The Balaban J connectivity index is 2.19. The molecule has 0 aliphatic heterocycles. The fourth-order valence-electron chi connectivity index (χ4n) is 2.83. The lowest BCUT2D eigenvalue weighted by Crippen LogP contribution is -2.29. The molecule has 1 amide bonds. The summed E-state index contributed by atoms with van der Waals surface area (Å²) < 4.78 is 0. The predicted octanol–water partition coefficient (Wildman–Crippen LogP) is 2.91. The van der Waals surface area contributed by atoms with Gasteiger partial charge in [-0.2, -0.15) is 0 Å². The van der Waals surface area contributed by atoms with E-state index < -0.39 is 0 Å². The van der Waals surface area contributed by atoms with Crippen molar-refractivity contribution in [2.45, 2.75) is 53.4 Å². The monoisotopic (exact) mass is 268 g/mol. The van der Waals surface area contributed by atoms with Gasteiger partial charge in [-0.3, -0.25) is 4.79 Å². The number of nitrogens with zero attached hydrogens (tertiary/aromatic N) is 1. The van der Waals surface area contributed by atoms with E-state index in [0.29, 0.717) is 11.8 Å². The minimum absolute atomic E-state index is 0.234. The summed E-state index contributed by atoms with van der Waals surface area (Å²) in [5, 5.41) is 3.05. The van der Waals surface area contributed by atoms with Crippen LogP contribution in [-0.2, 0) is 4.79 Å². The Bertz CT molecular complexity index is 306. The summed E-state index contributed by atoms with van der Waals surface area (Å²) in [7, 11) is 4.12. The van der Waals surface area contributed by atoms with E-state index in [9.17, 15) is 4.79 Å². The van der Waals surface area contributed by atoms with Crippen LogP contribution < -0.4 is 5.32 Å². The second-order valence-electron chi connectivity index (χ2n) is 8.00. The van der Waals surface area contributed by atoms with Crippen LogP contribution in [0.15, 0.2) is 0 Å². The molecule has 2 atom stereocenters. The molecule has 1 saturated carbocycles. The summed E-state index contributed by atoms with van der Waals surface area (Å²) in [5.41, 5.74) is 0.642. The van der Waals surface area contributed by atoms with Gasteiger partial charge in [0.05, 0.1) is 0 Å². The Morgan fingerprint density at radius 3 is 2.53 bits per heavy atom. The summed E-state index contributed by atoms with van der Waals surface area (Å²) in [6, 6.07) is 0. The Hall–Kier alpha value is -0.570. The molecule has 0 spiro atoms. The molecule has 1 aliphatic rings. The molecule has 3 heteroatoms. The molecule has 19 heavy (non-hydrogen) atoms. The number of carbonyl (C=O) groups is 1. The largest absolute Gasteiger partial charge is 0.356 e. The second kappa shape index (κ2) is 6.25. The van der Waals surface area contributed by atoms with Gasteiger partial charge < -0.3 is 10.2 Å². The van der Waals surface area contributed by atoms with Crippen molar-refractivity contribution in [2.75, 3.05) is 27.2 Å². The summed E-state index contributed by atoms with van der Waals surface area (Å²) in [4.78, 5) is 14.1. The summed E-state index contributed by atoms with van der Waals surface area (Å²) in [6.45, 7) is 11.0. The highest BCUT2D eigenvalue weighted by atomic mass is 16.1. The number of nitrogens with one attached hydrogen (secondary N) is 1. The van der Waals surface area contributed by atoms with Crippen LogP contribution in [0.4, 0.5) is 0 Å². The molecule has 0 radical (unpaired) electrons. The van der Waals surface area contributed by atoms with Gasteiger partial charge in [0.1, 0.15) is 0 Å². The molecule has 1 fully saturated rings. The average molecular weight is 268 g/mol. The van der Waals surface area contributed by atoms with Gasteiger partial charge >= 0.3 is 0 Å². The van der Waals surface area contributed by atoms with Crippen molar-refractivity contribution < 1.29 is 4.79 Å². The third kappa shape index (κ3) is 6.42. The Labute approximate surface area is 119 Å². The first-order valence-corrected chi connectivity index (χ1v) is 7.54. The molecule has 112 valence electrons. The lowest BCUT2D eigenvalue weighted by atomic mass is 9.86. The third-order valence-electron chi connectivity index (χ3n) is 4.07. The molecular formula is C16H32N2O. The highest BCUT2D eigenvalue weighted by Gasteiger charge is 2.51. The Morgan fingerprint density at radius 1 is 1.37 bits per heavy atom. The standard InChI is InChI=1S/C16H32N2O/c1-15(2,3)10-13-11-16(13,4)12-14(19)17-8-7-9-18(5)6/h13H,7-12H2,1-6H3,(H,17,19). The molecule has 1 N–H and O–H groups in total. The van der Waals surface area contributed by atoms with Crippen molar-refractivity contribution in [3.05, 3.63) is 0 Å². The minimum atomic E-state index is 0.234. The maximum Gasteiger partial charge on any atom is 0.220 e. The molecule has 0 heterocycles. The van der Waals surface area contributed by atoms with Gasteiger partial charge in [-0.05, 0) is 56.7 Å². The fourth-order valence-corrected chi connectivity index (χ4v) is 2.83. The first kappa shape index (κ1) is 16.5. The van der Waals surface area contributed by atoms with Crippen LogP contribution in [0.2, 0.25) is 0 Å². The van der Waals surface area contributed by atoms with E-state index in [-0.39, 0.29) is 11.3 Å². The first-order chi connectivity index (χ1) is 8.62. The van der Waals surface area contributed by atoms with Gasteiger partial charge in [0, 0.05) is 13.0 Å². The van der Waals surface area contributed by atoms with Crippen molar-refractivity contribution in [3.8, 4) is 0 Å². The normalized spacial score (nSPS) is 26.6. The fraction of sp³-hybridized carbons (Fsp3) is 0.938. The maximum atomic E-state index is 11.9. The van der Waals surface area contributed by atoms with E-state index in [0.717, 1.165) is 25.4 Å². The zero-order valence-electron chi connectivity index (χ0n) is 13.7. The van der Waals surface area contributed by atoms with Gasteiger partial charge in [-0.1, -0.05) is 27.7 Å². The molecule has 0 bridgehead atoms. The van der Waals surface area contributed by atoms with Crippen LogP contribution in [0.1, 0.15) is 53.4 Å². The number of hydrogen-bond donors (Lipinski definition) is 1. The van der Waals surface area contributed by atoms with Crippen LogP contribution in [0.25, 0.3) is 0 Å². The zero-order valence-corrected chi connectivity index (χ0v) is 13.7. The lowest BCUT2D eigenvalue weighted by molar-refractivity contribution is -0.122. The minimum Gasteiger partial charge on any atom is -0.356 e. The van der Waals surface area contributed by atoms with Gasteiger partial charge in [-0.15, -0.1) is 0 Å². The van der Waals surface area contributed by atoms with Crippen molar-refractivity contribution in [2.24, 2.45) is 16.7 Å². The molecular weight excluding hydrogens is 236 g/mol. The zero-order chi connectivity index (χ0) is 14.7. The summed E-state index contributed by atoms with van der Waals surface area (Å²) in [6.07, 6.45) is 4.18. The molecule has 0 aromatic carbocycles. The SMILES string of the molecule is CN(C)CCCNC(=O)CC1(C)CC1CC(C)(C)C. The van der Waals surface area contributed by atoms with Crippen molar-refractivity contribution in [1.29, 1.82) is 0 Å². The average Bonchev–Trinajstić information content (AvgIpc) is 2.79. The van der Waals surface area contributed by atoms with E-state index >= 15 is 0 Å². The van der Waals surface area contributed by atoms with E-state index in [1.165, 1.54) is 12.8 Å². The molecule has 1 rings (SSSR count). The molecule has 3 nitrogen and oxygen atoms in total. The van der Waals surface area contributed by atoms with Crippen molar-refractivity contribution in [1.82, 2.24) is 10.2 Å².